The highest BCUT2D eigenvalue weighted by Gasteiger charge is 2.22. The lowest BCUT2D eigenvalue weighted by Crippen LogP contribution is -2.05. The summed E-state index contributed by atoms with van der Waals surface area (Å²) in [5.41, 5.74) is 5.87. The third-order valence-corrected chi connectivity index (χ3v) is 3.75. The highest BCUT2D eigenvalue weighted by Crippen LogP contribution is 2.38. The molecule has 4 rings (SSSR count). The molecule has 0 aliphatic heterocycles. The highest BCUT2D eigenvalue weighted by atomic mass is 16.5. The number of aryl methyl sites for hydroxylation is 2. The van der Waals surface area contributed by atoms with Crippen molar-refractivity contribution in [3.05, 3.63) is 42.0 Å². The van der Waals surface area contributed by atoms with Crippen molar-refractivity contribution in [2.45, 2.75) is 12.8 Å². The first-order valence-electron chi connectivity index (χ1n) is 6.34. The lowest BCUT2D eigenvalue weighted by atomic mass is 9.93. The predicted octanol–water partition coefficient (Wildman–Crippen LogP) is 2.73. The van der Waals surface area contributed by atoms with Gasteiger partial charge in [0, 0.05) is 28.4 Å². The minimum absolute atomic E-state index is 0.871. The van der Waals surface area contributed by atoms with Gasteiger partial charge in [0.25, 0.3) is 0 Å². The number of aromatic amines is 1. The standard InChI is InChI=1S/C15H13N3O/c1-19-10-3-5-12-11(6-10)14-13(18-12)4-2-9-7-16-8-17-15(9)14/h3,5-8,18H,2,4H2,1H3. The summed E-state index contributed by atoms with van der Waals surface area (Å²) < 4.78 is 5.32. The van der Waals surface area contributed by atoms with Gasteiger partial charge in [0.2, 0.25) is 0 Å². The van der Waals surface area contributed by atoms with Crippen LogP contribution in [0.2, 0.25) is 0 Å². The van der Waals surface area contributed by atoms with Crippen molar-refractivity contribution < 1.29 is 4.74 Å². The molecule has 94 valence electrons. The summed E-state index contributed by atoms with van der Waals surface area (Å²) in [6.45, 7) is 0. The van der Waals surface area contributed by atoms with Crippen LogP contribution in [0.15, 0.2) is 30.7 Å². The average molecular weight is 251 g/mol. The Morgan fingerprint density at radius 2 is 2.21 bits per heavy atom. The van der Waals surface area contributed by atoms with Crippen molar-refractivity contribution in [3.63, 3.8) is 0 Å². The number of hydrogen-bond donors (Lipinski definition) is 1. The van der Waals surface area contributed by atoms with Crippen LogP contribution < -0.4 is 4.74 Å². The molecule has 0 amide bonds. The molecule has 4 nitrogen and oxygen atoms in total. The van der Waals surface area contributed by atoms with Gasteiger partial charge in [0.05, 0.1) is 12.8 Å². The molecular formula is C15H13N3O. The number of H-pyrrole nitrogens is 1. The molecule has 3 aromatic rings. The molecule has 1 aliphatic carbocycles. The zero-order chi connectivity index (χ0) is 12.8. The number of nitrogens with one attached hydrogen (secondary N) is 1. The number of methoxy groups -OCH3 is 1. The summed E-state index contributed by atoms with van der Waals surface area (Å²) in [5.74, 6) is 0.871. The van der Waals surface area contributed by atoms with Gasteiger partial charge < -0.3 is 9.72 Å². The van der Waals surface area contributed by atoms with Crippen molar-refractivity contribution in [2.24, 2.45) is 0 Å². The van der Waals surface area contributed by atoms with Crippen molar-refractivity contribution in [3.8, 4) is 17.0 Å². The summed E-state index contributed by atoms with van der Waals surface area (Å²) in [5, 5.41) is 1.18. The number of nitrogens with zero attached hydrogens (tertiary/aromatic N) is 2. The second kappa shape index (κ2) is 3.82. The molecular weight excluding hydrogens is 238 g/mol. The fourth-order valence-corrected chi connectivity index (χ4v) is 2.84. The van der Waals surface area contributed by atoms with E-state index < -0.39 is 0 Å². The van der Waals surface area contributed by atoms with Crippen LogP contribution in [0.5, 0.6) is 5.75 Å². The van der Waals surface area contributed by atoms with E-state index in [9.17, 15) is 0 Å². The van der Waals surface area contributed by atoms with Gasteiger partial charge in [-0.25, -0.2) is 9.97 Å². The molecule has 0 atom stereocenters. The summed E-state index contributed by atoms with van der Waals surface area (Å²) >= 11 is 0. The van der Waals surface area contributed by atoms with Crippen LogP contribution >= 0.6 is 0 Å². The molecule has 0 bridgehead atoms. The van der Waals surface area contributed by atoms with E-state index in [1.54, 1.807) is 13.4 Å². The van der Waals surface area contributed by atoms with E-state index >= 15 is 0 Å². The SMILES string of the molecule is COc1ccc2[nH]c3c(c2c1)-c1ncncc1CC3. The quantitative estimate of drug-likeness (QED) is 0.723. The van der Waals surface area contributed by atoms with Crippen molar-refractivity contribution in [2.75, 3.05) is 7.11 Å². The van der Waals surface area contributed by atoms with Crippen LogP contribution in [0.3, 0.4) is 0 Å². The predicted molar refractivity (Wildman–Crippen MR) is 73.3 cm³/mol. The molecule has 0 fully saturated rings. The van der Waals surface area contributed by atoms with Crippen molar-refractivity contribution in [1.82, 2.24) is 15.0 Å². The van der Waals surface area contributed by atoms with Crippen LogP contribution in [0.1, 0.15) is 11.3 Å². The van der Waals surface area contributed by atoms with Gasteiger partial charge in [-0.2, -0.15) is 0 Å². The topological polar surface area (TPSA) is 50.8 Å². The van der Waals surface area contributed by atoms with Crippen LogP contribution in [-0.2, 0) is 12.8 Å². The molecule has 1 aromatic carbocycles. The van der Waals surface area contributed by atoms with Gasteiger partial charge >= 0.3 is 0 Å². The van der Waals surface area contributed by atoms with Gasteiger partial charge in [-0.3, -0.25) is 0 Å². The molecule has 0 saturated heterocycles. The van der Waals surface area contributed by atoms with Crippen LogP contribution in [0, 0.1) is 0 Å². The van der Waals surface area contributed by atoms with Crippen LogP contribution in [-0.4, -0.2) is 22.1 Å². The molecule has 0 spiro atoms. The van der Waals surface area contributed by atoms with E-state index in [0.717, 1.165) is 29.8 Å². The average Bonchev–Trinajstić information content (AvgIpc) is 2.85. The molecule has 2 aromatic heterocycles. The van der Waals surface area contributed by atoms with E-state index in [4.69, 9.17) is 4.74 Å². The van der Waals surface area contributed by atoms with Crippen molar-refractivity contribution in [1.29, 1.82) is 0 Å². The summed E-state index contributed by atoms with van der Waals surface area (Å²) in [6.07, 6.45) is 5.54. The minimum Gasteiger partial charge on any atom is -0.497 e. The largest absolute Gasteiger partial charge is 0.497 e. The maximum absolute atomic E-state index is 5.32. The smallest absolute Gasteiger partial charge is 0.119 e. The fourth-order valence-electron chi connectivity index (χ4n) is 2.84. The number of benzene rings is 1. The lowest BCUT2D eigenvalue weighted by molar-refractivity contribution is 0.415. The van der Waals surface area contributed by atoms with E-state index in [2.05, 4.69) is 27.1 Å². The van der Waals surface area contributed by atoms with Gasteiger partial charge in [-0.1, -0.05) is 0 Å². The maximum atomic E-state index is 5.32. The second-order valence-electron chi connectivity index (χ2n) is 4.79. The number of fused-ring (bicyclic) bond motifs is 5. The van der Waals surface area contributed by atoms with E-state index in [-0.39, 0.29) is 0 Å². The van der Waals surface area contributed by atoms with Crippen molar-refractivity contribution >= 4 is 10.9 Å². The van der Waals surface area contributed by atoms with Gasteiger partial charge in [0.15, 0.2) is 0 Å². The molecule has 1 aliphatic rings. The molecule has 0 unspecified atom stereocenters. The van der Waals surface area contributed by atoms with E-state index in [0.29, 0.717) is 0 Å². The highest BCUT2D eigenvalue weighted by molar-refractivity contribution is 5.98. The van der Waals surface area contributed by atoms with Gasteiger partial charge in [-0.15, -0.1) is 0 Å². The van der Waals surface area contributed by atoms with Crippen LogP contribution in [0.4, 0.5) is 0 Å². The zero-order valence-electron chi connectivity index (χ0n) is 10.6. The molecule has 0 radical (unpaired) electrons. The molecule has 0 saturated carbocycles. The summed E-state index contributed by atoms with van der Waals surface area (Å²) in [7, 11) is 1.69. The molecule has 4 heteroatoms. The summed E-state index contributed by atoms with van der Waals surface area (Å²) in [6, 6.07) is 6.11. The lowest BCUT2D eigenvalue weighted by Gasteiger charge is -2.14. The zero-order valence-corrected chi connectivity index (χ0v) is 10.6. The molecule has 2 heterocycles. The first kappa shape index (κ1) is 10.6. The summed E-state index contributed by atoms with van der Waals surface area (Å²) in [4.78, 5) is 12.1. The molecule has 19 heavy (non-hydrogen) atoms. The third kappa shape index (κ3) is 1.46. The Bertz CT molecular complexity index is 776. The Balaban J connectivity index is 2.07. The number of rotatable bonds is 1. The van der Waals surface area contributed by atoms with E-state index in [1.165, 1.54) is 22.2 Å². The first-order chi connectivity index (χ1) is 9.36. The Morgan fingerprint density at radius 1 is 1.26 bits per heavy atom. The Kier molecular flexibility index (Phi) is 2.12. The molecule has 1 N–H and O–H groups in total. The Hall–Kier alpha value is -2.36. The third-order valence-electron chi connectivity index (χ3n) is 3.75. The van der Waals surface area contributed by atoms with Gasteiger partial charge in [-0.05, 0) is 36.6 Å². The monoisotopic (exact) mass is 251 g/mol. The maximum Gasteiger partial charge on any atom is 0.119 e. The fraction of sp³-hybridized carbons (Fsp3) is 0.200. The second-order valence-corrected chi connectivity index (χ2v) is 4.79. The number of hydrogen-bond acceptors (Lipinski definition) is 3. The van der Waals surface area contributed by atoms with Gasteiger partial charge in [0.1, 0.15) is 12.1 Å². The first-order valence-corrected chi connectivity index (χ1v) is 6.34. The number of ether oxygens (including phenoxy) is 1. The Labute approximate surface area is 110 Å². The Morgan fingerprint density at radius 3 is 3.11 bits per heavy atom. The van der Waals surface area contributed by atoms with E-state index in [1.807, 2.05) is 12.3 Å². The number of aromatic nitrogens is 3. The van der Waals surface area contributed by atoms with Crippen LogP contribution in [0.25, 0.3) is 22.2 Å². The normalized spacial score (nSPS) is 13.1. The minimum atomic E-state index is 0.871.